The molecule has 0 spiro atoms. The van der Waals surface area contributed by atoms with Crippen LogP contribution in [0.5, 0.6) is 0 Å². The topological polar surface area (TPSA) is 24.8 Å². The van der Waals surface area contributed by atoms with Crippen LogP contribution in [0.15, 0.2) is 35.0 Å². The highest BCUT2D eigenvalue weighted by atomic mass is 35.5. The molecule has 1 saturated carbocycles. The average Bonchev–Trinajstić information content (AvgIpc) is 2.60. The highest BCUT2D eigenvalue weighted by molar-refractivity contribution is 6.30. The molecule has 1 aromatic carbocycles. The quantitative estimate of drug-likeness (QED) is 0.399. The molecular formula is C22H33ClN2O. The number of allylic oxidation sites excluding steroid dienone is 1. The minimum Gasteiger partial charge on any atom is -0.396 e. The van der Waals surface area contributed by atoms with E-state index in [1.807, 2.05) is 12.1 Å². The average molecular weight is 377 g/mol. The van der Waals surface area contributed by atoms with E-state index in [0.29, 0.717) is 18.7 Å². The molecule has 26 heavy (non-hydrogen) atoms. The number of oxime groups is 1. The first-order chi connectivity index (χ1) is 12.5. The molecule has 1 fully saturated rings. The fourth-order valence-corrected chi connectivity index (χ4v) is 3.61. The molecule has 1 aliphatic rings. The first-order valence-electron chi connectivity index (χ1n) is 9.88. The van der Waals surface area contributed by atoms with Crippen molar-refractivity contribution < 1.29 is 4.84 Å². The molecule has 0 radical (unpaired) electrons. The number of hydrogen-bond acceptors (Lipinski definition) is 3. The summed E-state index contributed by atoms with van der Waals surface area (Å²) in [6, 6.07) is 9.09. The van der Waals surface area contributed by atoms with Crippen LogP contribution in [0.2, 0.25) is 5.02 Å². The fourth-order valence-electron chi connectivity index (χ4n) is 3.48. The standard InChI is InChI=1S/C22H33ClN2O/c1-17(2)25(18(3)4)14-7-15-26-24-22-9-6-5-8-20(22)16-19-10-12-21(23)13-11-19/h10-13,16-18H,5-9,14-15H2,1-4H3/b20-16-,24-22+. The number of nitrogens with zero attached hydrogens (tertiary/aromatic N) is 2. The Morgan fingerprint density at radius 2 is 1.73 bits per heavy atom. The molecule has 0 atom stereocenters. The molecule has 4 heteroatoms. The van der Waals surface area contributed by atoms with Gasteiger partial charge in [-0.15, -0.1) is 0 Å². The molecule has 2 rings (SSSR count). The first-order valence-corrected chi connectivity index (χ1v) is 10.3. The molecule has 3 nitrogen and oxygen atoms in total. The Labute approximate surface area is 164 Å². The molecule has 0 amide bonds. The Balaban J connectivity index is 1.89. The molecule has 0 bridgehead atoms. The third kappa shape index (κ3) is 6.77. The zero-order valence-electron chi connectivity index (χ0n) is 16.7. The fraction of sp³-hybridized carbons (Fsp3) is 0.591. The van der Waals surface area contributed by atoms with Gasteiger partial charge in [-0.05, 0) is 89.1 Å². The molecule has 0 aromatic heterocycles. The molecule has 144 valence electrons. The second kappa shape index (κ2) is 10.7. The molecule has 0 saturated heterocycles. The maximum Gasteiger partial charge on any atom is 0.118 e. The normalized spacial score (nSPS) is 18.5. The van der Waals surface area contributed by atoms with Gasteiger partial charge in [0, 0.05) is 23.7 Å². The van der Waals surface area contributed by atoms with Crippen LogP contribution in [0, 0.1) is 0 Å². The zero-order chi connectivity index (χ0) is 18.9. The lowest BCUT2D eigenvalue weighted by Crippen LogP contribution is -2.38. The van der Waals surface area contributed by atoms with Crippen molar-refractivity contribution in [2.24, 2.45) is 5.16 Å². The van der Waals surface area contributed by atoms with Crippen LogP contribution in [0.1, 0.15) is 65.4 Å². The van der Waals surface area contributed by atoms with E-state index in [9.17, 15) is 0 Å². The second-order valence-electron chi connectivity index (χ2n) is 7.58. The number of benzene rings is 1. The summed E-state index contributed by atoms with van der Waals surface area (Å²) in [7, 11) is 0. The second-order valence-corrected chi connectivity index (χ2v) is 8.01. The van der Waals surface area contributed by atoms with Gasteiger partial charge in [-0.3, -0.25) is 4.90 Å². The minimum atomic E-state index is 0.563. The monoisotopic (exact) mass is 376 g/mol. The van der Waals surface area contributed by atoms with Gasteiger partial charge < -0.3 is 4.84 Å². The van der Waals surface area contributed by atoms with Gasteiger partial charge in [0.1, 0.15) is 6.61 Å². The van der Waals surface area contributed by atoms with Gasteiger partial charge in [-0.25, -0.2) is 0 Å². The largest absolute Gasteiger partial charge is 0.396 e. The maximum absolute atomic E-state index is 5.97. The summed E-state index contributed by atoms with van der Waals surface area (Å²) in [5.74, 6) is 0. The zero-order valence-corrected chi connectivity index (χ0v) is 17.4. The Kier molecular flexibility index (Phi) is 8.67. The Morgan fingerprint density at radius 1 is 1.08 bits per heavy atom. The molecule has 0 unspecified atom stereocenters. The van der Waals surface area contributed by atoms with Gasteiger partial charge in [0.2, 0.25) is 0 Å². The predicted octanol–water partition coefficient (Wildman–Crippen LogP) is 6.18. The maximum atomic E-state index is 5.97. The third-order valence-corrected chi connectivity index (χ3v) is 5.10. The summed E-state index contributed by atoms with van der Waals surface area (Å²) in [4.78, 5) is 8.16. The molecule has 1 aliphatic carbocycles. The molecule has 0 N–H and O–H groups in total. The third-order valence-electron chi connectivity index (χ3n) is 4.84. The summed E-state index contributed by atoms with van der Waals surface area (Å²) >= 11 is 5.97. The van der Waals surface area contributed by atoms with Crippen molar-refractivity contribution in [1.29, 1.82) is 0 Å². The van der Waals surface area contributed by atoms with Crippen LogP contribution in [0.3, 0.4) is 0 Å². The minimum absolute atomic E-state index is 0.563. The van der Waals surface area contributed by atoms with E-state index in [-0.39, 0.29) is 0 Å². The lowest BCUT2D eigenvalue weighted by atomic mass is 9.91. The van der Waals surface area contributed by atoms with E-state index >= 15 is 0 Å². The van der Waals surface area contributed by atoms with Crippen LogP contribution >= 0.6 is 11.6 Å². The Morgan fingerprint density at radius 3 is 2.38 bits per heavy atom. The number of hydrogen-bond donors (Lipinski definition) is 0. The smallest absolute Gasteiger partial charge is 0.118 e. The van der Waals surface area contributed by atoms with Gasteiger partial charge in [0.15, 0.2) is 0 Å². The molecule has 0 aliphatic heterocycles. The number of rotatable bonds is 8. The van der Waals surface area contributed by atoms with E-state index in [0.717, 1.165) is 36.5 Å². The molecule has 0 heterocycles. The number of halogens is 1. The summed E-state index contributed by atoms with van der Waals surface area (Å²) in [5, 5.41) is 5.24. The van der Waals surface area contributed by atoms with Crippen molar-refractivity contribution in [3.63, 3.8) is 0 Å². The first kappa shape index (κ1) is 21.0. The predicted molar refractivity (Wildman–Crippen MR) is 113 cm³/mol. The van der Waals surface area contributed by atoms with E-state index in [1.165, 1.54) is 24.0 Å². The van der Waals surface area contributed by atoms with Crippen molar-refractivity contribution in [3.8, 4) is 0 Å². The highest BCUT2D eigenvalue weighted by Crippen LogP contribution is 2.24. The van der Waals surface area contributed by atoms with E-state index < -0.39 is 0 Å². The van der Waals surface area contributed by atoms with Crippen LogP contribution < -0.4 is 0 Å². The van der Waals surface area contributed by atoms with Crippen molar-refractivity contribution in [1.82, 2.24) is 4.90 Å². The van der Waals surface area contributed by atoms with E-state index in [4.69, 9.17) is 16.4 Å². The van der Waals surface area contributed by atoms with Crippen molar-refractivity contribution in [2.75, 3.05) is 13.2 Å². The van der Waals surface area contributed by atoms with E-state index in [2.05, 4.69) is 56.0 Å². The van der Waals surface area contributed by atoms with Crippen LogP contribution in [0.4, 0.5) is 0 Å². The van der Waals surface area contributed by atoms with Crippen LogP contribution in [0.25, 0.3) is 6.08 Å². The van der Waals surface area contributed by atoms with Crippen LogP contribution in [-0.2, 0) is 4.84 Å². The highest BCUT2D eigenvalue weighted by Gasteiger charge is 2.15. The Hall–Kier alpha value is -1.32. The lowest BCUT2D eigenvalue weighted by Gasteiger charge is -2.30. The van der Waals surface area contributed by atoms with Crippen molar-refractivity contribution >= 4 is 23.4 Å². The van der Waals surface area contributed by atoms with E-state index in [1.54, 1.807) is 0 Å². The van der Waals surface area contributed by atoms with Gasteiger partial charge in [0.05, 0.1) is 5.71 Å². The molecule has 1 aromatic rings. The summed E-state index contributed by atoms with van der Waals surface area (Å²) in [6.07, 6.45) is 7.70. The molecular weight excluding hydrogens is 344 g/mol. The van der Waals surface area contributed by atoms with Gasteiger partial charge >= 0.3 is 0 Å². The SMILES string of the molecule is CC(C)N(CCCO/N=C1\CCCC\C1=C\c1ccc(Cl)cc1)C(C)C. The van der Waals surface area contributed by atoms with Crippen molar-refractivity contribution in [3.05, 3.63) is 40.4 Å². The van der Waals surface area contributed by atoms with Crippen LogP contribution in [-0.4, -0.2) is 35.8 Å². The van der Waals surface area contributed by atoms with Gasteiger partial charge in [-0.1, -0.05) is 28.9 Å². The van der Waals surface area contributed by atoms with Gasteiger partial charge in [0.25, 0.3) is 0 Å². The van der Waals surface area contributed by atoms with Gasteiger partial charge in [-0.2, -0.15) is 0 Å². The Bertz CT molecular complexity index is 597. The summed E-state index contributed by atoms with van der Waals surface area (Å²) in [6.45, 7) is 10.7. The lowest BCUT2D eigenvalue weighted by molar-refractivity contribution is 0.111. The van der Waals surface area contributed by atoms with Crippen molar-refractivity contribution in [2.45, 2.75) is 71.9 Å². The summed E-state index contributed by atoms with van der Waals surface area (Å²) in [5.41, 5.74) is 3.57. The summed E-state index contributed by atoms with van der Waals surface area (Å²) < 4.78 is 0.